The highest BCUT2D eigenvalue weighted by Crippen LogP contribution is 2.31. The molecule has 0 bridgehead atoms. The van der Waals surface area contributed by atoms with Crippen molar-refractivity contribution in [1.82, 2.24) is 19.7 Å². The standard InChI is InChI=1S/C23H45N5/c1-11-16-24-26(10)23(6,7)19(4)22(27(12-2)13-3)20(5)28-17-14-21(15-18-28)25(8)9/h12,16,20-21H,2,11,13-15,17-18H2,1,3-10H3/b22-19-,24-16-. The lowest BCUT2D eigenvalue weighted by Gasteiger charge is -2.44. The summed E-state index contributed by atoms with van der Waals surface area (Å²) in [5, 5.41) is 6.73. The molecule has 0 aromatic carbocycles. The van der Waals surface area contributed by atoms with Crippen LogP contribution >= 0.6 is 0 Å². The lowest BCUT2D eigenvalue weighted by atomic mass is 9.89. The molecule has 1 unspecified atom stereocenters. The van der Waals surface area contributed by atoms with Crippen molar-refractivity contribution in [2.45, 2.75) is 78.4 Å². The molecule has 1 rings (SSSR count). The van der Waals surface area contributed by atoms with Crippen molar-refractivity contribution in [1.29, 1.82) is 0 Å². The van der Waals surface area contributed by atoms with Crippen molar-refractivity contribution >= 4 is 6.21 Å². The van der Waals surface area contributed by atoms with Gasteiger partial charge in [-0.25, -0.2) is 0 Å². The van der Waals surface area contributed by atoms with E-state index in [4.69, 9.17) is 0 Å². The summed E-state index contributed by atoms with van der Waals surface area (Å²) in [5.41, 5.74) is 2.55. The summed E-state index contributed by atoms with van der Waals surface area (Å²) in [7, 11) is 6.47. The summed E-state index contributed by atoms with van der Waals surface area (Å²) >= 11 is 0. The first-order chi connectivity index (χ1) is 13.1. The van der Waals surface area contributed by atoms with Crippen LogP contribution in [0.5, 0.6) is 0 Å². The number of rotatable bonds is 10. The second kappa shape index (κ2) is 11.0. The number of hydrogen-bond donors (Lipinski definition) is 0. The van der Waals surface area contributed by atoms with E-state index >= 15 is 0 Å². The SMILES string of the molecule is C=CN(CC)/C(=C(/C)C(C)(C)N(C)/N=C\CC)C(C)N1CCC(N(C)C)CC1. The van der Waals surface area contributed by atoms with Crippen molar-refractivity contribution in [2.75, 3.05) is 40.8 Å². The Morgan fingerprint density at radius 3 is 2.21 bits per heavy atom. The van der Waals surface area contributed by atoms with Crippen LogP contribution in [-0.2, 0) is 0 Å². The molecule has 0 N–H and O–H groups in total. The van der Waals surface area contributed by atoms with Crippen molar-refractivity contribution in [3.05, 3.63) is 24.0 Å². The van der Waals surface area contributed by atoms with Crippen LogP contribution in [0.15, 0.2) is 29.2 Å². The number of nitrogens with zero attached hydrogens (tertiary/aromatic N) is 5. The fraction of sp³-hybridized carbons (Fsp3) is 0.783. The Labute approximate surface area is 174 Å². The van der Waals surface area contributed by atoms with Crippen LogP contribution in [0.2, 0.25) is 0 Å². The molecule has 1 atom stereocenters. The molecule has 5 nitrogen and oxygen atoms in total. The fourth-order valence-electron chi connectivity index (χ4n) is 4.03. The van der Waals surface area contributed by atoms with E-state index in [0.29, 0.717) is 12.1 Å². The first-order valence-corrected chi connectivity index (χ1v) is 10.9. The molecule has 0 aliphatic carbocycles. The predicted octanol–water partition coefficient (Wildman–Crippen LogP) is 4.25. The molecule has 1 fully saturated rings. The third-order valence-corrected chi connectivity index (χ3v) is 6.59. The van der Waals surface area contributed by atoms with E-state index in [0.717, 1.165) is 26.1 Å². The molecule has 0 aromatic heterocycles. The molecule has 5 heteroatoms. The Kier molecular flexibility index (Phi) is 9.72. The molecule has 0 radical (unpaired) electrons. The van der Waals surface area contributed by atoms with E-state index in [1.165, 1.54) is 24.1 Å². The molecule has 1 aliphatic rings. The van der Waals surface area contributed by atoms with Gasteiger partial charge >= 0.3 is 0 Å². The zero-order valence-electron chi connectivity index (χ0n) is 20.0. The van der Waals surface area contributed by atoms with Crippen molar-refractivity contribution in [2.24, 2.45) is 5.10 Å². The normalized spacial score (nSPS) is 19.1. The van der Waals surface area contributed by atoms with Crippen LogP contribution in [-0.4, -0.2) is 84.3 Å². The van der Waals surface area contributed by atoms with E-state index in [1.807, 2.05) is 12.4 Å². The zero-order chi connectivity index (χ0) is 21.5. The molecule has 1 saturated heterocycles. The second-order valence-electron chi connectivity index (χ2n) is 8.67. The molecule has 1 aliphatic heterocycles. The van der Waals surface area contributed by atoms with Gasteiger partial charge in [0.2, 0.25) is 0 Å². The fourth-order valence-corrected chi connectivity index (χ4v) is 4.03. The maximum atomic E-state index is 4.64. The Morgan fingerprint density at radius 1 is 1.21 bits per heavy atom. The molecule has 0 saturated carbocycles. The molecule has 0 spiro atoms. The molecule has 162 valence electrons. The van der Waals surface area contributed by atoms with Gasteiger partial charge in [0.1, 0.15) is 0 Å². The topological polar surface area (TPSA) is 25.3 Å². The van der Waals surface area contributed by atoms with E-state index in [-0.39, 0.29) is 5.54 Å². The summed E-state index contributed by atoms with van der Waals surface area (Å²) in [5.74, 6) is 0. The quantitative estimate of drug-likeness (QED) is 0.411. The van der Waals surface area contributed by atoms with E-state index in [9.17, 15) is 0 Å². The summed E-state index contributed by atoms with van der Waals surface area (Å²) in [6, 6.07) is 1.05. The summed E-state index contributed by atoms with van der Waals surface area (Å²) < 4.78 is 0. The number of hydrazone groups is 1. The third kappa shape index (κ3) is 5.84. The van der Waals surface area contributed by atoms with Crippen molar-refractivity contribution < 1.29 is 0 Å². The second-order valence-corrected chi connectivity index (χ2v) is 8.67. The smallest absolute Gasteiger partial charge is 0.0745 e. The molecular weight excluding hydrogens is 346 g/mol. The Hall–Kier alpha value is -1.33. The maximum Gasteiger partial charge on any atom is 0.0745 e. The minimum absolute atomic E-state index is 0.173. The highest BCUT2D eigenvalue weighted by Gasteiger charge is 2.33. The molecule has 1 heterocycles. The van der Waals surface area contributed by atoms with Gasteiger partial charge in [0.25, 0.3) is 0 Å². The molecule has 0 aromatic rings. The molecular formula is C23H45N5. The Morgan fingerprint density at radius 2 is 1.79 bits per heavy atom. The summed E-state index contributed by atoms with van der Waals surface area (Å²) in [6.45, 7) is 20.8. The van der Waals surface area contributed by atoms with Crippen LogP contribution in [0.25, 0.3) is 0 Å². The zero-order valence-corrected chi connectivity index (χ0v) is 20.0. The number of hydrogen-bond acceptors (Lipinski definition) is 5. The predicted molar refractivity (Wildman–Crippen MR) is 124 cm³/mol. The lowest BCUT2D eigenvalue weighted by molar-refractivity contribution is 0.114. The van der Waals surface area contributed by atoms with E-state index < -0.39 is 0 Å². The monoisotopic (exact) mass is 391 g/mol. The number of likely N-dealkylation sites (N-methyl/N-ethyl adjacent to an activating group) is 2. The largest absolute Gasteiger partial charge is 0.351 e. The van der Waals surface area contributed by atoms with Gasteiger partial charge in [0, 0.05) is 50.7 Å². The van der Waals surface area contributed by atoms with Crippen LogP contribution in [0.4, 0.5) is 0 Å². The first-order valence-electron chi connectivity index (χ1n) is 10.9. The average molecular weight is 392 g/mol. The van der Waals surface area contributed by atoms with Crippen molar-refractivity contribution in [3.8, 4) is 0 Å². The van der Waals surface area contributed by atoms with Gasteiger partial charge in [0.15, 0.2) is 0 Å². The van der Waals surface area contributed by atoms with E-state index in [1.54, 1.807) is 0 Å². The van der Waals surface area contributed by atoms with Crippen LogP contribution in [0, 0.1) is 0 Å². The van der Waals surface area contributed by atoms with E-state index in [2.05, 4.69) is 94.1 Å². The minimum Gasteiger partial charge on any atom is -0.351 e. The average Bonchev–Trinajstić information content (AvgIpc) is 2.68. The Bertz CT molecular complexity index is 541. The van der Waals surface area contributed by atoms with Crippen LogP contribution < -0.4 is 0 Å². The van der Waals surface area contributed by atoms with Gasteiger partial charge in [-0.1, -0.05) is 13.5 Å². The highest BCUT2D eigenvalue weighted by molar-refractivity contribution is 5.56. The summed E-state index contributed by atoms with van der Waals surface area (Å²) in [6.07, 6.45) is 7.37. The Balaban J connectivity index is 3.22. The van der Waals surface area contributed by atoms with Gasteiger partial charge in [-0.15, -0.1) is 0 Å². The van der Waals surface area contributed by atoms with Gasteiger partial charge in [-0.2, -0.15) is 5.10 Å². The van der Waals surface area contributed by atoms with Gasteiger partial charge in [-0.05, 0) is 79.7 Å². The summed E-state index contributed by atoms with van der Waals surface area (Å²) in [4.78, 5) is 7.32. The van der Waals surface area contributed by atoms with Gasteiger partial charge in [-0.3, -0.25) is 9.91 Å². The molecule has 0 amide bonds. The van der Waals surface area contributed by atoms with Gasteiger partial charge in [0.05, 0.1) is 5.54 Å². The first kappa shape index (κ1) is 24.7. The third-order valence-electron chi connectivity index (χ3n) is 6.59. The lowest BCUT2D eigenvalue weighted by Crippen LogP contribution is -2.49. The van der Waals surface area contributed by atoms with Crippen LogP contribution in [0.1, 0.15) is 60.8 Å². The maximum absolute atomic E-state index is 4.64. The number of likely N-dealkylation sites (tertiary alicyclic amines) is 1. The minimum atomic E-state index is -0.173. The number of piperidine rings is 1. The highest BCUT2D eigenvalue weighted by atomic mass is 15.5. The van der Waals surface area contributed by atoms with Gasteiger partial charge < -0.3 is 9.80 Å². The van der Waals surface area contributed by atoms with Crippen molar-refractivity contribution in [3.63, 3.8) is 0 Å². The van der Waals surface area contributed by atoms with Crippen LogP contribution in [0.3, 0.4) is 0 Å². The molecule has 28 heavy (non-hydrogen) atoms.